The lowest BCUT2D eigenvalue weighted by Crippen LogP contribution is -2.10. The van der Waals surface area contributed by atoms with Crippen LogP contribution in [0.4, 0.5) is 0 Å². The predicted molar refractivity (Wildman–Crippen MR) is 47.2 cm³/mol. The van der Waals surface area contributed by atoms with Gasteiger partial charge in [-0.1, -0.05) is 0 Å². The summed E-state index contributed by atoms with van der Waals surface area (Å²) in [5.41, 5.74) is 1.49. The van der Waals surface area contributed by atoms with Crippen molar-refractivity contribution in [1.29, 1.82) is 0 Å². The number of aryl methyl sites for hydroxylation is 1. The van der Waals surface area contributed by atoms with Gasteiger partial charge in [0.25, 0.3) is 0 Å². The van der Waals surface area contributed by atoms with Crippen molar-refractivity contribution < 1.29 is 0 Å². The molecule has 0 aromatic carbocycles. The minimum absolute atomic E-state index is 0.335. The second-order valence-corrected chi connectivity index (χ2v) is 4.00. The van der Waals surface area contributed by atoms with Crippen molar-refractivity contribution >= 4 is 12.2 Å². The van der Waals surface area contributed by atoms with Crippen molar-refractivity contribution in [3.8, 4) is 0 Å². The second-order valence-electron chi connectivity index (χ2n) is 3.61. The first kappa shape index (κ1) is 7.10. The number of imidazole rings is 1. The summed E-state index contributed by atoms with van der Waals surface area (Å²) < 4.78 is 3.04. The van der Waals surface area contributed by atoms with E-state index in [0.29, 0.717) is 5.54 Å². The Hall–Kier alpha value is -0.570. The van der Waals surface area contributed by atoms with E-state index >= 15 is 0 Å². The first-order valence-corrected chi connectivity index (χ1v) is 4.31. The molecule has 3 heteroatoms. The van der Waals surface area contributed by atoms with Crippen LogP contribution in [-0.4, -0.2) is 9.55 Å². The molecule has 0 amide bonds. The van der Waals surface area contributed by atoms with Crippen molar-refractivity contribution in [3.05, 3.63) is 16.7 Å². The van der Waals surface area contributed by atoms with Crippen molar-refractivity contribution in [2.24, 2.45) is 0 Å². The monoisotopic (exact) mass is 168 g/mol. The lowest BCUT2D eigenvalue weighted by molar-refractivity contribution is 0.525. The van der Waals surface area contributed by atoms with Gasteiger partial charge < -0.3 is 9.55 Å². The van der Waals surface area contributed by atoms with Crippen molar-refractivity contribution in [1.82, 2.24) is 9.55 Å². The van der Waals surface area contributed by atoms with Gasteiger partial charge in [-0.3, -0.25) is 0 Å². The number of nitrogens with one attached hydrogen (secondary N) is 1. The standard InChI is InChI=1S/C8H12N2S/c1-6-5-10(7(11)9-6)8(2)3-4-8/h5H,3-4H2,1-2H3,(H,9,11). The zero-order chi connectivity index (χ0) is 8.06. The lowest BCUT2D eigenvalue weighted by Gasteiger charge is -2.08. The highest BCUT2D eigenvalue weighted by molar-refractivity contribution is 7.71. The number of hydrogen-bond acceptors (Lipinski definition) is 1. The Morgan fingerprint density at radius 1 is 1.64 bits per heavy atom. The second kappa shape index (κ2) is 1.97. The first-order valence-electron chi connectivity index (χ1n) is 3.91. The molecule has 1 saturated carbocycles. The number of nitrogens with zero attached hydrogens (tertiary/aromatic N) is 1. The highest BCUT2D eigenvalue weighted by Crippen LogP contribution is 2.42. The third kappa shape index (κ3) is 1.03. The molecule has 11 heavy (non-hydrogen) atoms. The van der Waals surface area contributed by atoms with E-state index < -0.39 is 0 Å². The summed E-state index contributed by atoms with van der Waals surface area (Å²) >= 11 is 5.17. The molecule has 1 aliphatic carbocycles. The van der Waals surface area contributed by atoms with Gasteiger partial charge in [-0.05, 0) is 38.9 Å². The lowest BCUT2D eigenvalue weighted by atomic mass is 10.3. The van der Waals surface area contributed by atoms with Gasteiger partial charge in [-0.25, -0.2) is 0 Å². The minimum atomic E-state index is 0.335. The maximum atomic E-state index is 5.17. The van der Waals surface area contributed by atoms with E-state index in [2.05, 4.69) is 22.7 Å². The number of aromatic nitrogens is 2. The Bertz CT molecular complexity index is 330. The Morgan fingerprint density at radius 2 is 2.27 bits per heavy atom. The van der Waals surface area contributed by atoms with E-state index in [1.54, 1.807) is 0 Å². The molecule has 1 aliphatic rings. The van der Waals surface area contributed by atoms with Gasteiger partial charge in [0, 0.05) is 17.4 Å². The molecular formula is C8H12N2S. The molecule has 0 spiro atoms. The van der Waals surface area contributed by atoms with Crippen LogP contribution in [0.1, 0.15) is 25.5 Å². The number of hydrogen-bond donors (Lipinski definition) is 1. The summed E-state index contributed by atoms with van der Waals surface area (Å²) in [7, 11) is 0. The van der Waals surface area contributed by atoms with Gasteiger partial charge in [0.05, 0.1) is 0 Å². The number of aromatic amines is 1. The Balaban J connectivity index is 2.53. The van der Waals surface area contributed by atoms with Crippen LogP contribution >= 0.6 is 12.2 Å². The number of H-pyrrole nitrogens is 1. The van der Waals surface area contributed by atoms with Crippen LogP contribution in [0.3, 0.4) is 0 Å². The fourth-order valence-electron chi connectivity index (χ4n) is 1.34. The van der Waals surface area contributed by atoms with Gasteiger partial charge in [-0.15, -0.1) is 0 Å². The summed E-state index contributed by atoms with van der Waals surface area (Å²) in [5.74, 6) is 0. The molecular weight excluding hydrogens is 156 g/mol. The summed E-state index contributed by atoms with van der Waals surface area (Å²) in [5, 5.41) is 0. The highest BCUT2D eigenvalue weighted by atomic mass is 32.1. The largest absolute Gasteiger partial charge is 0.335 e. The fraction of sp³-hybridized carbons (Fsp3) is 0.625. The van der Waals surface area contributed by atoms with Crippen molar-refractivity contribution in [2.45, 2.75) is 32.2 Å². The molecule has 0 saturated heterocycles. The molecule has 60 valence electrons. The van der Waals surface area contributed by atoms with E-state index in [1.165, 1.54) is 12.8 Å². The molecule has 0 aliphatic heterocycles. The van der Waals surface area contributed by atoms with E-state index in [-0.39, 0.29) is 0 Å². The zero-order valence-corrected chi connectivity index (χ0v) is 7.66. The summed E-state index contributed by atoms with van der Waals surface area (Å²) in [6, 6.07) is 0. The minimum Gasteiger partial charge on any atom is -0.335 e. The van der Waals surface area contributed by atoms with Crippen LogP contribution < -0.4 is 0 Å². The summed E-state index contributed by atoms with van der Waals surface area (Å²) in [6.07, 6.45) is 4.63. The quantitative estimate of drug-likeness (QED) is 0.638. The highest BCUT2D eigenvalue weighted by Gasteiger charge is 2.39. The molecule has 2 rings (SSSR count). The Morgan fingerprint density at radius 3 is 2.64 bits per heavy atom. The van der Waals surface area contributed by atoms with Gasteiger partial charge >= 0.3 is 0 Å². The molecule has 0 radical (unpaired) electrons. The van der Waals surface area contributed by atoms with Crippen LogP contribution in [0.2, 0.25) is 0 Å². The molecule has 1 N–H and O–H groups in total. The van der Waals surface area contributed by atoms with Gasteiger partial charge in [0.1, 0.15) is 0 Å². The average molecular weight is 168 g/mol. The van der Waals surface area contributed by atoms with E-state index in [4.69, 9.17) is 12.2 Å². The molecule has 1 fully saturated rings. The molecule has 1 aromatic heterocycles. The molecule has 1 aromatic rings. The third-order valence-corrected chi connectivity index (χ3v) is 2.70. The van der Waals surface area contributed by atoms with Crippen LogP contribution in [0.5, 0.6) is 0 Å². The SMILES string of the molecule is Cc1cn(C2(C)CC2)c(=S)[nH]1. The van der Waals surface area contributed by atoms with Crippen LogP contribution in [0.25, 0.3) is 0 Å². The van der Waals surface area contributed by atoms with Crippen LogP contribution in [0, 0.1) is 11.7 Å². The fourth-order valence-corrected chi connectivity index (χ4v) is 1.77. The maximum Gasteiger partial charge on any atom is 0.177 e. The van der Waals surface area contributed by atoms with Gasteiger partial charge in [0.2, 0.25) is 0 Å². The topological polar surface area (TPSA) is 20.7 Å². The molecule has 0 atom stereocenters. The first-order chi connectivity index (χ1) is 5.12. The Labute approximate surface area is 71.2 Å². The van der Waals surface area contributed by atoms with Gasteiger partial charge in [0.15, 0.2) is 4.77 Å². The van der Waals surface area contributed by atoms with Crippen LogP contribution in [-0.2, 0) is 5.54 Å². The van der Waals surface area contributed by atoms with E-state index in [9.17, 15) is 0 Å². The average Bonchev–Trinajstić information content (AvgIpc) is 2.55. The molecule has 1 heterocycles. The Kier molecular flexibility index (Phi) is 1.27. The maximum absolute atomic E-state index is 5.17. The van der Waals surface area contributed by atoms with E-state index in [0.717, 1.165) is 10.5 Å². The molecule has 0 bridgehead atoms. The summed E-state index contributed by atoms with van der Waals surface area (Å²) in [4.78, 5) is 3.13. The molecule has 0 unspecified atom stereocenters. The summed E-state index contributed by atoms with van der Waals surface area (Å²) in [6.45, 7) is 4.29. The van der Waals surface area contributed by atoms with Crippen molar-refractivity contribution in [3.63, 3.8) is 0 Å². The smallest absolute Gasteiger partial charge is 0.177 e. The zero-order valence-electron chi connectivity index (χ0n) is 6.85. The van der Waals surface area contributed by atoms with E-state index in [1.807, 2.05) is 6.92 Å². The number of rotatable bonds is 1. The predicted octanol–water partition coefficient (Wildman–Crippen LogP) is 2.36. The molecule has 2 nitrogen and oxygen atoms in total. The van der Waals surface area contributed by atoms with Crippen LogP contribution in [0.15, 0.2) is 6.20 Å². The van der Waals surface area contributed by atoms with Gasteiger partial charge in [-0.2, -0.15) is 0 Å². The normalized spacial score (nSPS) is 20.2. The third-order valence-electron chi connectivity index (χ3n) is 2.40. The van der Waals surface area contributed by atoms with Crippen molar-refractivity contribution in [2.75, 3.05) is 0 Å².